The van der Waals surface area contributed by atoms with Crippen LogP contribution in [0.3, 0.4) is 0 Å². The van der Waals surface area contributed by atoms with Crippen LogP contribution in [-0.4, -0.2) is 12.6 Å². The number of ether oxygens (including phenoxy) is 1. The summed E-state index contributed by atoms with van der Waals surface area (Å²) >= 11 is 0. The number of carbonyl (C=O) groups is 1. The molecule has 1 aromatic rings. The number of hydrogen-bond donors (Lipinski definition) is 0. The fourth-order valence-corrected chi connectivity index (χ4v) is 1.20. The lowest BCUT2D eigenvalue weighted by Gasteiger charge is -2.02. The molecular weight excluding hydrogens is 188 g/mol. The molecule has 78 valence electrons. The Morgan fingerprint density at radius 3 is 2.60 bits per heavy atom. The van der Waals surface area contributed by atoms with Crippen molar-refractivity contribution in [3.8, 4) is 0 Å². The molecule has 0 saturated carbocycles. The standard InChI is InChI=1S/C13H14O2/c1-3-11(10-13(14)15-4-2)12-8-6-5-7-9-12/h3,5-10H,1,4H2,2H3. The van der Waals surface area contributed by atoms with Gasteiger partial charge in [-0.25, -0.2) is 4.79 Å². The molecule has 0 unspecified atom stereocenters. The molecule has 0 heterocycles. The van der Waals surface area contributed by atoms with Crippen LogP contribution in [0.1, 0.15) is 12.5 Å². The molecule has 0 aliphatic heterocycles. The largest absolute Gasteiger partial charge is 0.463 e. The van der Waals surface area contributed by atoms with Crippen LogP contribution >= 0.6 is 0 Å². The molecule has 0 spiro atoms. The van der Waals surface area contributed by atoms with Gasteiger partial charge in [0, 0.05) is 6.08 Å². The van der Waals surface area contributed by atoms with Crippen LogP contribution < -0.4 is 0 Å². The fraction of sp³-hybridized carbons (Fsp3) is 0.154. The number of esters is 1. The summed E-state index contributed by atoms with van der Waals surface area (Å²) in [6.45, 7) is 5.84. The van der Waals surface area contributed by atoms with Gasteiger partial charge >= 0.3 is 5.97 Å². The number of hydrogen-bond acceptors (Lipinski definition) is 2. The predicted molar refractivity (Wildman–Crippen MR) is 61.2 cm³/mol. The van der Waals surface area contributed by atoms with E-state index in [0.29, 0.717) is 6.61 Å². The second-order valence-corrected chi connectivity index (χ2v) is 2.92. The Hall–Kier alpha value is -1.83. The molecule has 2 nitrogen and oxygen atoms in total. The molecular formula is C13H14O2. The molecule has 0 fully saturated rings. The van der Waals surface area contributed by atoms with Gasteiger partial charge in [0.05, 0.1) is 6.61 Å². The van der Waals surface area contributed by atoms with Gasteiger partial charge in [0.1, 0.15) is 0 Å². The van der Waals surface area contributed by atoms with Gasteiger partial charge in [-0.15, -0.1) is 0 Å². The zero-order valence-corrected chi connectivity index (χ0v) is 8.77. The van der Waals surface area contributed by atoms with Crippen molar-refractivity contribution < 1.29 is 9.53 Å². The van der Waals surface area contributed by atoms with Gasteiger partial charge in [0.15, 0.2) is 0 Å². The molecule has 0 saturated heterocycles. The lowest BCUT2D eigenvalue weighted by Crippen LogP contribution is -2.00. The zero-order chi connectivity index (χ0) is 11.1. The summed E-state index contributed by atoms with van der Waals surface area (Å²) in [6, 6.07) is 9.60. The Bertz CT molecular complexity index is 363. The van der Waals surface area contributed by atoms with E-state index in [0.717, 1.165) is 11.1 Å². The van der Waals surface area contributed by atoms with E-state index in [1.807, 2.05) is 30.3 Å². The van der Waals surface area contributed by atoms with Crippen molar-refractivity contribution in [1.82, 2.24) is 0 Å². The van der Waals surface area contributed by atoms with E-state index in [2.05, 4.69) is 6.58 Å². The highest BCUT2D eigenvalue weighted by atomic mass is 16.5. The third-order valence-corrected chi connectivity index (χ3v) is 1.89. The Kier molecular flexibility index (Phi) is 4.35. The summed E-state index contributed by atoms with van der Waals surface area (Å²) < 4.78 is 4.83. The third-order valence-electron chi connectivity index (χ3n) is 1.89. The molecule has 0 aromatic heterocycles. The molecule has 0 amide bonds. The van der Waals surface area contributed by atoms with E-state index in [9.17, 15) is 4.79 Å². The topological polar surface area (TPSA) is 26.3 Å². The van der Waals surface area contributed by atoms with Crippen molar-refractivity contribution in [1.29, 1.82) is 0 Å². The summed E-state index contributed by atoms with van der Waals surface area (Å²) in [5, 5.41) is 0. The molecule has 1 aromatic carbocycles. The Morgan fingerprint density at radius 2 is 2.07 bits per heavy atom. The van der Waals surface area contributed by atoms with E-state index in [4.69, 9.17) is 4.74 Å². The van der Waals surface area contributed by atoms with Crippen LogP contribution in [0, 0.1) is 0 Å². The summed E-state index contributed by atoms with van der Waals surface area (Å²) in [7, 11) is 0. The van der Waals surface area contributed by atoms with Crippen LogP contribution in [0.15, 0.2) is 49.1 Å². The second-order valence-electron chi connectivity index (χ2n) is 2.92. The average molecular weight is 202 g/mol. The monoisotopic (exact) mass is 202 g/mol. The van der Waals surface area contributed by atoms with Gasteiger partial charge in [0.25, 0.3) is 0 Å². The minimum absolute atomic E-state index is 0.337. The normalized spacial score (nSPS) is 10.9. The van der Waals surface area contributed by atoms with Gasteiger partial charge in [-0.2, -0.15) is 0 Å². The predicted octanol–water partition coefficient (Wildman–Crippen LogP) is 2.82. The van der Waals surface area contributed by atoms with Crippen LogP contribution in [0.5, 0.6) is 0 Å². The van der Waals surface area contributed by atoms with E-state index in [1.165, 1.54) is 6.08 Å². The van der Waals surface area contributed by atoms with Crippen LogP contribution in [0.2, 0.25) is 0 Å². The number of carbonyl (C=O) groups excluding carboxylic acids is 1. The molecule has 0 aliphatic rings. The first-order valence-corrected chi connectivity index (χ1v) is 4.84. The second kappa shape index (κ2) is 5.81. The molecule has 0 aliphatic carbocycles. The summed E-state index contributed by atoms with van der Waals surface area (Å²) in [6.07, 6.45) is 3.10. The highest BCUT2D eigenvalue weighted by Crippen LogP contribution is 2.14. The maximum Gasteiger partial charge on any atom is 0.331 e. The lowest BCUT2D eigenvalue weighted by molar-refractivity contribution is -0.137. The molecule has 0 atom stereocenters. The van der Waals surface area contributed by atoms with Gasteiger partial charge in [-0.3, -0.25) is 0 Å². The van der Waals surface area contributed by atoms with Gasteiger partial charge in [-0.1, -0.05) is 43.0 Å². The quantitative estimate of drug-likeness (QED) is 0.426. The maximum absolute atomic E-state index is 11.2. The first-order valence-electron chi connectivity index (χ1n) is 4.84. The van der Waals surface area contributed by atoms with Gasteiger partial charge in [-0.05, 0) is 18.1 Å². The molecule has 15 heavy (non-hydrogen) atoms. The van der Waals surface area contributed by atoms with Crippen molar-refractivity contribution in [2.24, 2.45) is 0 Å². The number of allylic oxidation sites excluding steroid dienone is 2. The highest BCUT2D eigenvalue weighted by Gasteiger charge is 2.01. The number of rotatable bonds is 4. The Morgan fingerprint density at radius 1 is 1.40 bits per heavy atom. The molecule has 1 rings (SSSR count). The Labute approximate surface area is 89.9 Å². The Balaban J connectivity index is 2.89. The molecule has 0 radical (unpaired) electrons. The molecule has 2 heteroatoms. The van der Waals surface area contributed by atoms with Gasteiger partial charge in [0.2, 0.25) is 0 Å². The molecule has 0 bridgehead atoms. The lowest BCUT2D eigenvalue weighted by atomic mass is 10.1. The smallest absolute Gasteiger partial charge is 0.331 e. The van der Waals surface area contributed by atoms with Crippen LogP contribution in [-0.2, 0) is 9.53 Å². The average Bonchev–Trinajstić information content (AvgIpc) is 2.27. The van der Waals surface area contributed by atoms with Crippen molar-refractivity contribution in [3.05, 3.63) is 54.6 Å². The number of benzene rings is 1. The minimum Gasteiger partial charge on any atom is -0.463 e. The SMILES string of the molecule is C=CC(=CC(=O)OCC)c1ccccc1. The van der Waals surface area contributed by atoms with Crippen LogP contribution in [0.4, 0.5) is 0 Å². The summed E-state index contributed by atoms with van der Waals surface area (Å²) in [5.74, 6) is -0.337. The maximum atomic E-state index is 11.2. The van der Waals surface area contributed by atoms with E-state index in [1.54, 1.807) is 13.0 Å². The van der Waals surface area contributed by atoms with Crippen molar-refractivity contribution in [2.45, 2.75) is 6.92 Å². The van der Waals surface area contributed by atoms with E-state index < -0.39 is 0 Å². The van der Waals surface area contributed by atoms with Crippen molar-refractivity contribution in [3.63, 3.8) is 0 Å². The van der Waals surface area contributed by atoms with Crippen molar-refractivity contribution >= 4 is 11.5 Å². The first-order chi connectivity index (χ1) is 7.27. The summed E-state index contributed by atoms with van der Waals surface area (Å²) in [5.41, 5.74) is 1.73. The van der Waals surface area contributed by atoms with Crippen LogP contribution in [0.25, 0.3) is 5.57 Å². The summed E-state index contributed by atoms with van der Waals surface area (Å²) in [4.78, 5) is 11.2. The minimum atomic E-state index is -0.337. The first kappa shape index (κ1) is 11.2. The third kappa shape index (κ3) is 3.43. The fourth-order valence-electron chi connectivity index (χ4n) is 1.20. The van der Waals surface area contributed by atoms with E-state index in [-0.39, 0.29) is 5.97 Å². The van der Waals surface area contributed by atoms with Crippen molar-refractivity contribution in [2.75, 3.05) is 6.61 Å². The zero-order valence-electron chi connectivity index (χ0n) is 8.77. The highest BCUT2D eigenvalue weighted by molar-refractivity contribution is 5.93. The molecule has 0 N–H and O–H groups in total. The van der Waals surface area contributed by atoms with E-state index >= 15 is 0 Å². The van der Waals surface area contributed by atoms with Gasteiger partial charge < -0.3 is 4.74 Å².